The predicted octanol–water partition coefficient (Wildman–Crippen LogP) is 2.42. The number of ether oxygens (including phenoxy) is 1. The van der Waals surface area contributed by atoms with E-state index in [1.807, 2.05) is 30.3 Å². The first kappa shape index (κ1) is 14.5. The Labute approximate surface area is 108 Å². The maximum Gasteiger partial charge on any atom is 0.408 e. The molecule has 0 bridgehead atoms. The number of benzene rings is 1. The lowest BCUT2D eigenvalue weighted by Crippen LogP contribution is -2.48. The quantitative estimate of drug-likeness (QED) is 0.867. The van der Waals surface area contributed by atoms with E-state index in [-0.39, 0.29) is 6.61 Å². The van der Waals surface area contributed by atoms with Gasteiger partial charge < -0.3 is 15.2 Å². The summed E-state index contributed by atoms with van der Waals surface area (Å²) in [6.07, 6.45) is -0.539. The normalized spacial score (nSPS) is 14.7. The lowest BCUT2D eigenvalue weighted by Gasteiger charge is -2.30. The topological polar surface area (TPSA) is 58.6 Å². The number of rotatable bonds is 3. The van der Waals surface area contributed by atoms with E-state index < -0.39 is 17.2 Å². The van der Waals surface area contributed by atoms with Gasteiger partial charge >= 0.3 is 6.09 Å². The number of hydrogen-bond acceptors (Lipinski definition) is 3. The van der Waals surface area contributed by atoms with Crippen LogP contribution in [0.5, 0.6) is 0 Å². The van der Waals surface area contributed by atoms with E-state index in [0.29, 0.717) is 0 Å². The Kier molecular flexibility index (Phi) is 4.35. The zero-order valence-electron chi connectivity index (χ0n) is 11.4. The minimum absolute atomic E-state index is 0.198. The van der Waals surface area contributed by atoms with E-state index in [9.17, 15) is 9.90 Å². The molecule has 0 radical (unpaired) electrons. The molecule has 1 aromatic carbocycles. The lowest BCUT2D eigenvalue weighted by molar-refractivity contribution is 0.0411. The number of carbonyl (C=O) groups is 1. The van der Waals surface area contributed by atoms with E-state index in [1.54, 1.807) is 27.7 Å². The van der Waals surface area contributed by atoms with Gasteiger partial charge in [0.25, 0.3) is 0 Å². The van der Waals surface area contributed by atoms with Gasteiger partial charge in [0.1, 0.15) is 5.60 Å². The molecule has 0 fully saturated rings. The first-order valence-corrected chi connectivity index (χ1v) is 5.94. The van der Waals surface area contributed by atoms with Gasteiger partial charge in [0.2, 0.25) is 0 Å². The third kappa shape index (κ3) is 4.04. The Morgan fingerprint density at radius 3 is 2.22 bits per heavy atom. The third-order valence-electron chi connectivity index (χ3n) is 2.50. The fraction of sp³-hybridized carbons (Fsp3) is 0.500. The van der Waals surface area contributed by atoms with Gasteiger partial charge in [-0.15, -0.1) is 0 Å². The second-order valence-corrected chi connectivity index (χ2v) is 5.48. The average Bonchev–Trinajstić information content (AvgIpc) is 2.27. The molecule has 2 N–H and O–H groups in total. The second-order valence-electron chi connectivity index (χ2n) is 5.48. The molecule has 1 atom stereocenters. The van der Waals surface area contributed by atoms with Crippen LogP contribution in [-0.2, 0) is 10.3 Å². The van der Waals surface area contributed by atoms with Crippen LogP contribution in [0.3, 0.4) is 0 Å². The Balaban J connectivity index is 2.81. The Hall–Kier alpha value is -1.55. The largest absolute Gasteiger partial charge is 0.444 e. The predicted molar refractivity (Wildman–Crippen MR) is 70.2 cm³/mol. The molecule has 4 nitrogen and oxygen atoms in total. The summed E-state index contributed by atoms with van der Waals surface area (Å²) >= 11 is 0. The van der Waals surface area contributed by atoms with Crippen molar-refractivity contribution in [3.8, 4) is 0 Å². The molecule has 0 saturated carbocycles. The number of aliphatic hydroxyl groups excluding tert-OH is 1. The van der Waals surface area contributed by atoms with Crippen molar-refractivity contribution >= 4 is 6.09 Å². The fourth-order valence-corrected chi connectivity index (χ4v) is 1.54. The van der Waals surface area contributed by atoms with Crippen molar-refractivity contribution in [1.82, 2.24) is 5.32 Å². The molecule has 1 rings (SSSR count). The first-order chi connectivity index (χ1) is 8.27. The second kappa shape index (κ2) is 5.40. The van der Waals surface area contributed by atoms with Crippen LogP contribution in [-0.4, -0.2) is 23.4 Å². The van der Waals surface area contributed by atoms with Crippen LogP contribution >= 0.6 is 0 Å². The maximum absolute atomic E-state index is 11.8. The standard InChI is InChI=1S/C14H21NO3/c1-13(2,3)18-12(17)15-14(4,10-16)11-8-6-5-7-9-11/h5-9,16H,10H2,1-4H3,(H,15,17). The number of amides is 1. The van der Waals surface area contributed by atoms with E-state index >= 15 is 0 Å². The molecular formula is C14H21NO3. The summed E-state index contributed by atoms with van der Waals surface area (Å²) in [6, 6.07) is 9.32. The van der Waals surface area contributed by atoms with E-state index in [1.165, 1.54) is 0 Å². The van der Waals surface area contributed by atoms with Gasteiger partial charge in [-0.1, -0.05) is 30.3 Å². The van der Waals surface area contributed by atoms with Crippen molar-refractivity contribution in [2.45, 2.75) is 38.8 Å². The number of aliphatic hydroxyl groups is 1. The maximum atomic E-state index is 11.8. The summed E-state index contributed by atoms with van der Waals surface area (Å²) < 4.78 is 5.20. The van der Waals surface area contributed by atoms with Crippen LogP contribution in [0.25, 0.3) is 0 Å². The Bertz CT molecular complexity index is 397. The van der Waals surface area contributed by atoms with E-state index in [0.717, 1.165) is 5.56 Å². The zero-order valence-corrected chi connectivity index (χ0v) is 11.4. The monoisotopic (exact) mass is 251 g/mol. The Morgan fingerprint density at radius 1 is 1.22 bits per heavy atom. The van der Waals surface area contributed by atoms with E-state index in [2.05, 4.69) is 5.32 Å². The van der Waals surface area contributed by atoms with Crippen LogP contribution in [0.1, 0.15) is 33.3 Å². The SMILES string of the molecule is CC(C)(C)OC(=O)NC(C)(CO)c1ccccc1. The van der Waals surface area contributed by atoms with Gasteiger partial charge in [-0.3, -0.25) is 0 Å². The molecule has 1 unspecified atom stereocenters. The summed E-state index contributed by atoms with van der Waals surface area (Å²) in [6.45, 7) is 6.95. The van der Waals surface area contributed by atoms with Crippen molar-refractivity contribution in [3.63, 3.8) is 0 Å². The fourth-order valence-electron chi connectivity index (χ4n) is 1.54. The summed E-state index contributed by atoms with van der Waals surface area (Å²) in [7, 11) is 0. The smallest absolute Gasteiger partial charge is 0.408 e. The van der Waals surface area contributed by atoms with Crippen molar-refractivity contribution in [1.29, 1.82) is 0 Å². The molecule has 18 heavy (non-hydrogen) atoms. The molecule has 0 heterocycles. The van der Waals surface area contributed by atoms with Crippen LogP contribution in [0.15, 0.2) is 30.3 Å². The minimum Gasteiger partial charge on any atom is -0.444 e. The third-order valence-corrected chi connectivity index (χ3v) is 2.50. The summed E-state index contributed by atoms with van der Waals surface area (Å²) in [5.41, 5.74) is -0.570. The highest BCUT2D eigenvalue weighted by atomic mass is 16.6. The van der Waals surface area contributed by atoms with Crippen LogP contribution in [0, 0.1) is 0 Å². The summed E-state index contributed by atoms with van der Waals surface area (Å²) in [5.74, 6) is 0. The lowest BCUT2D eigenvalue weighted by atomic mass is 9.93. The summed E-state index contributed by atoms with van der Waals surface area (Å²) in [4.78, 5) is 11.8. The number of alkyl carbamates (subject to hydrolysis) is 1. The molecule has 0 saturated heterocycles. The molecule has 0 spiro atoms. The van der Waals surface area contributed by atoms with Gasteiger partial charge in [-0.05, 0) is 33.3 Å². The van der Waals surface area contributed by atoms with Gasteiger partial charge in [0.15, 0.2) is 0 Å². The molecule has 4 heteroatoms. The highest BCUT2D eigenvalue weighted by Crippen LogP contribution is 2.20. The van der Waals surface area contributed by atoms with Gasteiger partial charge in [-0.2, -0.15) is 0 Å². The molecule has 0 aliphatic carbocycles. The highest BCUT2D eigenvalue weighted by Gasteiger charge is 2.29. The summed E-state index contributed by atoms with van der Waals surface area (Å²) in [5, 5.41) is 12.2. The highest BCUT2D eigenvalue weighted by molar-refractivity contribution is 5.69. The molecule has 0 aromatic heterocycles. The van der Waals surface area contributed by atoms with E-state index in [4.69, 9.17) is 4.74 Å². The van der Waals surface area contributed by atoms with Gasteiger partial charge in [0, 0.05) is 0 Å². The van der Waals surface area contributed by atoms with Crippen molar-refractivity contribution < 1.29 is 14.6 Å². The number of carbonyl (C=O) groups excluding carboxylic acids is 1. The minimum atomic E-state index is -0.844. The first-order valence-electron chi connectivity index (χ1n) is 5.94. The van der Waals surface area contributed by atoms with Crippen molar-refractivity contribution in [2.24, 2.45) is 0 Å². The molecular weight excluding hydrogens is 230 g/mol. The molecule has 0 aliphatic heterocycles. The van der Waals surface area contributed by atoms with Crippen LogP contribution in [0.4, 0.5) is 4.79 Å². The van der Waals surface area contributed by atoms with Gasteiger partial charge in [0.05, 0.1) is 12.1 Å². The number of hydrogen-bond donors (Lipinski definition) is 2. The van der Waals surface area contributed by atoms with Crippen LogP contribution < -0.4 is 5.32 Å². The zero-order chi connectivity index (χ0) is 13.8. The van der Waals surface area contributed by atoms with Crippen molar-refractivity contribution in [2.75, 3.05) is 6.61 Å². The number of nitrogens with one attached hydrogen (secondary N) is 1. The molecule has 1 amide bonds. The van der Waals surface area contributed by atoms with Crippen molar-refractivity contribution in [3.05, 3.63) is 35.9 Å². The molecule has 1 aromatic rings. The molecule has 0 aliphatic rings. The van der Waals surface area contributed by atoms with Gasteiger partial charge in [-0.25, -0.2) is 4.79 Å². The Morgan fingerprint density at radius 2 is 1.78 bits per heavy atom. The van der Waals surface area contributed by atoms with Crippen LogP contribution in [0.2, 0.25) is 0 Å². The molecule has 100 valence electrons. The average molecular weight is 251 g/mol.